The van der Waals surface area contributed by atoms with Gasteiger partial charge in [-0.15, -0.1) is 0 Å². The van der Waals surface area contributed by atoms with Crippen molar-refractivity contribution in [1.29, 1.82) is 0 Å². The van der Waals surface area contributed by atoms with Crippen LogP contribution < -0.4 is 0 Å². The molecule has 0 heterocycles. The van der Waals surface area contributed by atoms with Crippen molar-refractivity contribution in [3.8, 4) is 0 Å². The van der Waals surface area contributed by atoms with Crippen LogP contribution in [0.15, 0.2) is 0 Å². The Morgan fingerprint density at radius 3 is 0.630 bits per heavy atom. The summed E-state index contributed by atoms with van der Waals surface area (Å²) in [5.74, 6) is 0. The van der Waals surface area contributed by atoms with E-state index in [1.54, 1.807) is 0 Å². The van der Waals surface area contributed by atoms with Crippen LogP contribution in [0, 0.1) is 0 Å². The molecule has 0 N–H and O–H groups in total. The lowest BCUT2D eigenvalue weighted by atomic mass is 9.84. The molecule has 0 radical (unpaired) electrons. The Morgan fingerprint density at radius 1 is 0.210 bits per heavy atom. The van der Waals surface area contributed by atoms with E-state index in [4.69, 9.17) is 33.2 Å². The molecule has 81 heavy (non-hydrogen) atoms. The molecule has 0 spiro atoms. The standard InChI is InChI=1S/C74H150O7/c1-11-21-31-41-43-45-49-57-69(78-71(59-47-33-23-13-3)80-73(61-51-35-25-15-5,62-52-36-26-16-6)63-53-37-27-17-7)76-67-75-68-77-70(58-50-46-44-42-32-22-12-2)79-72(60-48-34-24-14-4)81-74(64-54-38-28-18-8,65-55-39-29-19-9)66-56-40-30-20-10/h69-72H,11-68H2,1-10H3. The third-order valence-electron chi connectivity index (χ3n) is 17.6. The van der Waals surface area contributed by atoms with Gasteiger partial charge in [0.25, 0.3) is 0 Å². The van der Waals surface area contributed by atoms with Gasteiger partial charge in [0.15, 0.2) is 38.7 Å². The fraction of sp³-hybridized carbons (Fsp3) is 1.00. The molecule has 0 saturated carbocycles. The van der Waals surface area contributed by atoms with Crippen molar-refractivity contribution in [2.24, 2.45) is 0 Å². The second-order valence-electron chi connectivity index (χ2n) is 25.7. The fourth-order valence-corrected chi connectivity index (χ4v) is 12.2. The molecular formula is C74H150O7. The summed E-state index contributed by atoms with van der Waals surface area (Å²) in [4.78, 5) is 0. The van der Waals surface area contributed by atoms with Crippen molar-refractivity contribution < 1.29 is 33.2 Å². The Balaban J connectivity index is 6.89. The highest BCUT2D eigenvalue weighted by Crippen LogP contribution is 2.38. The minimum absolute atomic E-state index is 0.122. The third-order valence-corrected chi connectivity index (χ3v) is 17.6. The van der Waals surface area contributed by atoms with Crippen LogP contribution in [-0.4, -0.2) is 49.9 Å². The minimum Gasteiger partial charge on any atom is -0.346 e. The van der Waals surface area contributed by atoms with Gasteiger partial charge in [-0.05, 0) is 89.9 Å². The Kier molecular flexibility index (Phi) is 62.5. The van der Waals surface area contributed by atoms with Gasteiger partial charge in [0.1, 0.15) is 0 Å². The van der Waals surface area contributed by atoms with E-state index in [2.05, 4.69) is 69.2 Å². The molecule has 0 aliphatic carbocycles. The maximum Gasteiger partial charge on any atom is 0.163 e. The Morgan fingerprint density at radius 2 is 0.395 bits per heavy atom. The quantitative estimate of drug-likeness (QED) is 0.0444. The number of hydrogen-bond donors (Lipinski definition) is 0. The molecule has 0 aliphatic heterocycles. The molecule has 0 aromatic heterocycles. The second kappa shape index (κ2) is 62.8. The number of rotatable bonds is 70. The number of hydrogen-bond acceptors (Lipinski definition) is 7. The largest absolute Gasteiger partial charge is 0.346 e. The zero-order valence-corrected chi connectivity index (χ0v) is 57.2. The lowest BCUT2D eigenvalue weighted by Crippen LogP contribution is -2.40. The van der Waals surface area contributed by atoms with Gasteiger partial charge < -0.3 is 33.2 Å². The zero-order valence-electron chi connectivity index (χ0n) is 57.2. The van der Waals surface area contributed by atoms with E-state index in [-0.39, 0.29) is 37.4 Å². The SMILES string of the molecule is CCCCCCCCCC(OCOCOC(CCCCCCCCC)OC(CCCCCC)OC(CCCCCC)(CCCCCC)CCCCCC)OC(CCCCCC)OC(CCCCCC)(CCCCCC)CCCCCC. The first-order valence-electron chi connectivity index (χ1n) is 37.3. The number of unbranched alkanes of at least 4 members (excludes halogenated alkanes) is 36. The topological polar surface area (TPSA) is 64.6 Å². The van der Waals surface area contributed by atoms with Gasteiger partial charge in [-0.3, -0.25) is 0 Å². The molecular weight excluding hydrogens is 1000 g/mol. The fourth-order valence-electron chi connectivity index (χ4n) is 12.2. The average molecular weight is 1150 g/mol. The van der Waals surface area contributed by atoms with Gasteiger partial charge in [-0.2, -0.15) is 0 Å². The van der Waals surface area contributed by atoms with Gasteiger partial charge in [0.05, 0.1) is 11.2 Å². The highest BCUT2D eigenvalue weighted by Gasteiger charge is 2.36. The highest BCUT2D eigenvalue weighted by molar-refractivity contribution is 4.84. The molecule has 0 amide bonds. The van der Waals surface area contributed by atoms with Crippen LogP contribution in [0.4, 0.5) is 0 Å². The summed E-state index contributed by atoms with van der Waals surface area (Å²) >= 11 is 0. The van der Waals surface area contributed by atoms with E-state index in [0.29, 0.717) is 0 Å². The van der Waals surface area contributed by atoms with Crippen molar-refractivity contribution in [1.82, 2.24) is 0 Å². The molecule has 7 nitrogen and oxygen atoms in total. The van der Waals surface area contributed by atoms with Crippen molar-refractivity contribution in [2.75, 3.05) is 13.6 Å². The molecule has 4 atom stereocenters. The normalized spacial score (nSPS) is 13.9. The highest BCUT2D eigenvalue weighted by atomic mass is 16.8. The minimum atomic E-state index is -0.393. The summed E-state index contributed by atoms with van der Waals surface area (Å²) in [7, 11) is 0. The van der Waals surface area contributed by atoms with E-state index < -0.39 is 12.6 Å². The molecule has 7 heteroatoms. The Bertz CT molecular complexity index is 1030. The van der Waals surface area contributed by atoms with Gasteiger partial charge >= 0.3 is 0 Å². The molecule has 0 rings (SSSR count). The summed E-state index contributed by atoms with van der Waals surface area (Å²) in [5.41, 5.74) is -0.306. The Hall–Kier alpha value is -0.280. The molecule has 4 unspecified atom stereocenters. The predicted octanol–water partition coefficient (Wildman–Crippen LogP) is 25.8. The first kappa shape index (κ1) is 80.7. The lowest BCUT2D eigenvalue weighted by Gasteiger charge is -2.39. The first-order chi connectivity index (χ1) is 39.8. The summed E-state index contributed by atoms with van der Waals surface area (Å²) < 4.78 is 49.5. The van der Waals surface area contributed by atoms with Gasteiger partial charge in [-0.25, -0.2) is 0 Å². The summed E-state index contributed by atoms with van der Waals surface area (Å²) in [6, 6.07) is 0. The monoisotopic (exact) mass is 1150 g/mol. The average Bonchev–Trinajstić information content (AvgIpc) is 3.48. The van der Waals surface area contributed by atoms with Gasteiger partial charge in [0.2, 0.25) is 0 Å². The second-order valence-corrected chi connectivity index (χ2v) is 25.7. The van der Waals surface area contributed by atoms with E-state index in [1.807, 2.05) is 0 Å². The van der Waals surface area contributed by atoms with Crippen molar-refractivity contribution in [2.45, 2.75) is 465 Å². The maximum atomic E-state index is 7.61. The third kappa shape index (κ3) is 50.4. The predicted molar refractivity (Wildman–Crippen MR) is 353 cm³/mol. The lowest BCUT2D eigenvalue weighted by molar-refractivity contribution is -0.319. The smallest absolute Gasteiger partial charge is 0.163 e. The van der Waals surface area contributed by atoms with Crippen molar-refractivity contribution in [3.63, 3.8) is 0 Å². The molecule has 0 fully saturated rings. The van der Waals surface area contributed by atoms with E-state index in [1.165, 1.54) is 270 Å². The van der Waals surface area contributed by atoms with Gasteiger partial charge in [-0.1, -0.05) is 339 Å². The van der Waals surface area contributed by atoms with Gasteiger partial charge in [0, 0.05) is 0 Å². The Labute approximate surface area is 509 Å². The first-order valence-corrected chi connectivity index (χ1v) is 37.3. The van der Waals surface area contributed by atoms with Crippen molar-refractivity contribution >= 4 is 0 Å². The maximum absolute atomic E-state index is 7.61. The zero-order chi connectivity index (χ0) is 59.3. The molecule has 0 aromatic rings. The van der Waals surface area contributed by atoms with Crippen LogP contribution in [0.25, 0.3) is 0 Å². The molecule has 0 aromatic carbocycles. The van der Waals surface area contributed by atoms with E-state index in [0.717, 1.165) is 89.9 Å². The van der Waals surface area contributed by atoms with Crippen molar-refractivity contribution in [3.05, 3.63) is 0 Å². The van der Waals surface area contributed by atoms with Crippen LogP contribution in [0.3, 0.4) is 0 Å². The number of ether oxygens (including phenoxy) is 7. The molecule has 488 valence electrons. The summed E-state index contributed by atoms with van der Waals surface area (Å²) in [6.45, 7) is 23.5. The van der Waals surface area contributed by atoms with E-state index >= 15 is 0 Å². The summed E-state index contributed by atoms with van der Waals surface area (Å²) in [6.07, 6.45) is 66.6. The molecule has 0 aliphatic rings. The van der Waals surface area contributed by atoms with Crippen LogP contribution >= 0.6 is 0 Å². The molecule has 0 bridgehead atoms. The van der Waals surface area contributed by atoms with Crippen LogP contribution in [0.2, 0.25) is 0 Å². The van der Waals surface area contributed by atoms with E-state index in [9.17, 15) is 0 Å². The summed E-state index contributed by atoms with van der Waals surface area (Å²) in [5, 5.41) is 0. The molecule has 0 saturated heterocycles. The van der Waals surface area contributed by atoms with Crippen LogP contribution in [-0.2, 0) is 33.2 Å². The van der Waals surface area contributed by atoms with Crippen LogP contribution in [0.1, 0.15) is 429 Å². The van der Waals surface area contributed by atoms with Crippen LogP contribution in [0.5, 0.6) is 0 Å².